The van der Waals surface area contributed by atoms with Gasteiger partial charge in [-0.1, -0.05) is 118 Å². The first-order chi connectivity index (χ1) is 14.0. The van der Waals surface area contributed by atoms with Gasteiger partial charge < -0.3 is 4.48 Å². The van der Waals surface area contributed by atoms with Crippen molar-refractivity contribution in [3.63, 3.8) is 0 Å². The number of hydrogen-bond donors (Lipinski definition) is 0. The summed E-state index contributed by atoms with van der Waals surface area (Å²) in [5.74, 6) is 0.846. The van der Waals surface area contributed by atoms with Crippen molar-refractivity contribution in [1.29, 1.82) is 0 Å². The molecule has 0 spiro atoms. The molecule has 0 amide bonds. The third kappa shape index (κ3) is 21.0. The Labute approximate surface area is 187 Å². The van der Waals surface area contributed by atoms with Crippen LogP contribution >= 0.6 is 0 Å². The van der Waals surface area contributed by atoms with Crippen LogP contribution in [0.15, 0.2) is 0 Å². The Morgan fingerprint density at radius 1 is 0.448 bits per heavy atom. The van der Waals surface area contributed by atoms with Gasteiger partial charge in [0, 0.05) is 0 Å². The highest BCUT2D eigenvalue weighted by atomic mass is 15.3. The van der Waals surface area contributed by atoms with Crippen LogP contribution in [0.3, 0.4) is 0 Å². The van der Waals surface area contributed by atoms with Crippen molar-refractivity contribution in [3.05, 3.63) is 0 Å². The standard InChI is InChI=1S/C28H60N/c1-6-8-10-12-14-16-18-20-22-25-29(5,27-24-28(3)4)26-23-21-19-17-15-13-11-9-7-2/h28H,6-27H2,1-5H3/q+1. The third-order valence-corrected chi connectivity index (χ3v) is 6.85. The highest BCUT2D eigenvalue weighted by Crippen LogP contribution is 2.17. The van der Waals surface area contributed by atoms with E-state index in [9.17, 15) is 0 Å². The summed E-state index contributed by atoms with van der Waals surface area (Å²) in [6.07, 6.45) is 27.5. The summed E-state index contributed by atoms with van der Waals surface area (Å²) in [5, 5.41) is 0. The molecule has 29 heavy (non-hydrogen) atoms. The highest BCUT2D eigenvalue weighted by Gasteiger charge is 2.20. The van der Waals surface area contributed by atoms with Crippen LogP contribution in [0.1, 0.15) is 150 Å². The van der Waals surface area contributed by atoms with Gasteiger partial charge in [0.15, 0.2) is 0 Å². The van der Waals surface area contributed by atoms with E-state index in [0.29, 0.717) is 0 Å². The molecule has 0 N–H and O–H groups in total. The van der Waals surface area contributed by atoms with Crippen LogP contribution < -0.4 is 0 Å². The molecule has 0 aromatic rings. The van der Waals surface area contributed by atoms with Gasteiger partial charge in [-0.05, 0) is 38.0 Å². The zero-order valence-corrected chi connectivity index (χ0v) is 21.6. The van der Waals surface area contributed by atoms with E-state index < -0.39 is 0 Å². The van der Waals surface area contributed by atoms with E-state index in [-0.39, 0.29) is 0 Å². The summed E-state index contributed by atoms with van der Waals surface area (Å²) in [7, 11) is 2.55. The lowest BCUT2D eigenvalue weighted by Gasteiger charge is -2.35. The van der Waals surface area contributed by atoms with Gasteiger partial charge in [-0.2, -0.15) is 0 Å². The fourth-order valence-electron chi connectivity index (χ4n) is 4.51. The van der Waals surface area contributed by atoms with Crippen LogP contribution in [0.4, 0.5) is 0 Å². The van der Waals surface area contributed by atoms with Crippen molar-refractivity contribution in [2.45, 2.75) is 150 Å². The normalized spacial score (nSPS) is 12.2. The second kappa shape index (κ2) is 21.2. The average molecular weight is 411 g/mol. The predicted molar refractivity (Wildman–Crippen MR) is 135 cm³/mol. The van der Waals surface area contributed by atoms with Crippen molar-refractivity contribution in [2.75, 3.05) is 26.7 Å². The second-order valence-electron chi connectivity index (χ2n) is 10.6. The Bertz CT molecular complexity index is 287. The fourth-order valence-corrected chi connectivity index (χ4v) is 4.51. The van der Waals surface area contributed by atoms with E-state index in [1.807, 2.05) is 0 Å². The summed E-state index contributed by atoms with van der Waals surface area (Å²) < 4.78 is 1.34. The Hall–Kier alpha value is -0.0400. The third-order valence-electron chi connectivity index (χ3n) is 6.85. The van der Waals surface area contributed by atoms with Crippen molar-refractivity contribution >= 4 is 0 Å². The zero-order chi connectivity index (χ0) is 21.6. The van der Waals surface area contributed by atoms with E-state index in [0.717, 1.165) is 5.92 Å². The van der Waals surface area contributed by atoms with E-state index in [1.54, 1.807) is 0 Å². The first kappa shape index (κ1) is 29.0. The maximum Gasteiger partial charge on any atom is 0.0787 e. The Kier molecular flexibility index (Phi) is 21.2. The molecule has 176 valence electrons. The van der Waals surface area contributed by atoms with Crippen LogP contribution in [-0.2, 0) is 0 Å². The van der Waals surface area contributed by atoms with Gasteiger partial charge in [0.2, 0.25) is 0 Å². The minimum Gasteiger partial charge on any atom is -0.326 e. The summed E-state index contributed by atoms with van der Waals surface area (Å²) >= 11 is 0. The molecule has 0 fully saturated rings. The maximum atomic E-state index is 2.55. The molecule has 0 atom stereocenters. The van der Waals surface area contributed by atoms with Gasteiger partial charge in [-0.25, -0.2) is 0 Å². The summed E-state index contributed by atoms with van der Waals surface area (Å²) in [4.78, 5) is 0. The molecule has 0 aliphatic carbocycles. The summed E-state index contributed by atoms with van der Waals surface area (Å²) in [6.45, 7) is 13.6. The Morgan fingerprint density at radius 3 is 1.07 bits per heavy atom. The molecule has 0 aromatic carbocycles. The molecule has 0 bridgehead atoms. The molecule has 1 heteroatoms. The quantitative estimate of drug-likeness (QED) is 0.116. The molecule has 0 saturated carbocycles. The van der Waals surface area contributed by atoms with Crippen molar-refractivity contribution in [3.8, 4) is 0 Å². The fraction of sp³-hybridized carbons (Fsp3) is 1.00. The largest absolute Gasteiger partial charge is 0.326 e. The molecular formula is C28H60N+. The first-order valence-corrected chi connectivity index (χ1v) is 13.9. The van der Waals surface area contributed by atoms with Gasteiger partial charge in [0.1, 0.15) is 0 Å². The van der Waals surface area contributed by atoms with Gasteiger partial charge in [-0.15, -0.1) is 0 Å². The van der Waals surface area contributed by atoms with Gasteiger partial charge in [0.25, 0.3) is 0 Å². The number of quaternary nitrogens is 1. The van der Waals surface area contributed by atoms with Crippen LogP contribution in [-0.4, -0.2) is 31.2 Å². The molecular weight excluding hydrogens is 350 g/mol. The molecule has 1 nitrogen and oxygen atoms in total. The molecule has 0 unspecified atom stereocenters. The minimum atomic E-state index is 0.846. The Morgan fingerprint density at radius 2 is 0.759 bits per heavy atom. The number of nitrogens with zero attached hydrogens (tertiary/aromatic N) is 1. The van der Waals surface area contributed by atoms with Gasteiger partial charge >= 0.3 is 0 Å². The molecule has 0 heterocycles. The van der Waals surface area contributed by atoms with Crippen LogP contribution in [0.25, 0.3) is 0 Å². The van der Waals surface area contributed by atoms with Gasteiger partial charge in [0.05, 0.1) is 26.7 Å². The number of unbranched alkanes of at least 4 members (excludes halogenated alkanes) is 16. The van der Waals surface area contributed by atoms with Crippen LogP contribution in [0, 0.1) is 5.92 Å². The zero-order valence-electron chi connectivity index (χ0n) is 21.6. The minimum absolute atomic E-state index is 0.846. The SMILES string of the molecule is CCCCCCCCCCC[N+](C)(CCCCCCCCCCC)CCC(C)C. The summed E-state index contributed by atoms with van der Waals surface area (Å²) in [6, 6.07) is 0. The van der Waals surface area contributed by atoms with Crippen molar-refractivity contribution in [2.24, 2.45) is 5.92 Å². The smallest absolute Gasteiger partial charge is 0.0787 e. The summed E-state index contributed by atoms with van der Waals surface area (Å²) in [5.41, 5.74) is 0. The van der Waals surface area contributed by atoms with E-state index in [1.165, 1.54) is 146 Å². The maximum absolute atomic E-state index is 2.55. The molecule has 0 saturated heterocycles. The lowest BCUT2D eigenvalue weighted by molar-refractivity contribution is -0.910. The van der Waals surface area contributed by atoms with Gasteiger partial charge in [-0.3, -0.25) is 0 Å². The monoisotopic (exact) mass is 410 g/mol. The van der Waals surface area contributed by atoms with Crippen molar-refractivity contribution < 1.29 is 4.48 Å². The number of hydrogen-bond acceptors (Lipinski definition) is 0. The van der Waals surface area contributed by atoms with E-state index in [4.69, 9.17) is 0 Å². The average Bonchev–Trinajstić information content (AvgIpc) is 2.70. The highest BCUT2D eigenvalue weighted by molar-refractivity contribution is 4.52. The molecule has 0 aromatic heterocycles. The molecule has 0 radical (unpaired) electrons. The second-order valence-corrected chi connectivity index (χ2v) is 10.6. The van der Waals surface area contributed by atoms with Crippen LogP contribution in [0.2, 0.25) is 0 Å². The Balaban J connectivity index is 3.87. The molecule has 0 aliphatic rings. The van der Waals surface area contributed by atoms with E-state index in [2.05, 4.69) is 34.7 Å². The topological polar surface area (TPSA) is 0 Å². The first-order valence-electron chi connectivity index (χ1n) is 13.9. The lowest BCUT2D eigenvalue weighted by atomic mass is 10.0. The van der Waals surface area contributed by atoms with Crippen LogP contribution in [0.5, 0.6) is 0 Å². The molecule has 0 rings (SSSR count). The van der Waals surface area contributed by atoms with Crippen molar-refractivity contribution in [1.82, 2.24) is 0 Å². The number of rotatable bonds is 23. The van der Waals surface area contributed by atoms with E-state index >= 15 is 0 Å². The lowest BCUT2D eigenvalue weighted by Crippen LogP contribution is -2.46. The molecule has 0 aliphatic heterocycles. The predicted octanol–water partition coefficient (Wildman–Crippen LogP) is 9.54.